The lowest BCUT2D eigenvalue weighted by atomic mass is 10.1. The molecule has 3 rings (SSSR count). The van der Waals surface area contributed by atoms with Crippen molar-refractivity contribution in [3.63, 3.8) is 0 Å². The van der Waals surface area contributed by atoms with Gasteiger partial charge in [0.2, 0.25) is 5.43 Å². The highest BCUT2D eigenvalue weighted by molar-refractivity contribution is 6.34. The predicted molar refractivity (Wildman–Crippen MR) is 90.3 cm³/mol. The fraction of sp³-hybridized carbons (Fsp3) is 0.375. The van der Waals surface area contributed by atoms with Crippen LogP contribution in [0.4, 0.5) is 5.69 Å². The number of nitrogens with one attached hydrogen (secondary N) is 1. The van der Waals surface area contributed by atoms with E-state index < -0.39 is 5.97 Å². The zero-order valence-corrected chi connectivity index (χ0v) is 13.5. The number of carbonyl (C=O) groups excluding carboxylic acids is 1. The first-order valence-electron chi connectivity index (χ1n) is 7.52. The molecule has 0 atom stereocenters. The van der Waals surface area contributed by atoms with E-state index in [0.29, 0.717) is 35.2 Å². The summed E-state index contributed by atoms with van der Waals surface area (Å²) in [6.45, 7) is 2.28. The van der Waals surface area contributed by atoms with Crippen LogP contribution in [0.3, 0.4) is 0 Å². The largest absolute Gasteiger partial charge is 0.421 e. The second kappa shape index (κ2) is 6.22. The number of aromatic nitrogens is 1. The topological polar surface area (TPSA) is 86.3 Å². The van der Waals surface area contributed by atoms with Crippen LogP contribution in [-0.4, -0.2) is 23.6 Å². The van der Waals surface area contributed by atoms with E-state index in [1.807, 2.05) is 4.57 Å². The van der Waals surface area contributed by atoms with Crippen LogP contribution in [0.2, 0.25) is 5.02 Å². The number of halogens is 1. The van der Waals surface area contributed by atoms with Crippen molar-refractivity contribution in [3.05, 3.63) is 33.6 Å². The number of benzene rings is 1. The molecule has 1 aliphatic carbocycles. The molecule has 0 saturated heterocycles. The number of nitrogens with zero attached hydrogens (tertiary/aromatic N) is 1. The number of hydrogen-bond donors (Lipinski definition) is 2. The van der Waals surface area contributed by atoms with Gasteiger partial charge in [0, 0.05) is 26.1 Å². The van der Waals surface area contributed by atoms with E-state index in [0.717, 1.165) is 18.4 Å². The Hall–Kier alpha value is -2.05. The molecule has 6 nitrogen and oxygen atoms in total. The molecule has 0 aliphatic heterocycles. The number of anilines is 1. The SMILES string of the molecule is CC(=O)Oc1cn(C2CC2)c2cc(Cl)c(NCCN)cc2c1=O. The number of carbonyl (C=O) groups is 1. The Morgan fingerprint density at radius 2 is 2.22 bits per heavy atom. The summed E-state index contributed by atoms with van der Waals surface area (Å²) in [5.74, 6) is -0.469. The number of fused-ring (bicyclic) bond motifs is 1. The van der Waals surface area contributed by atoms with Crippen LogP contribution in [0.1, 0.15) is 25.8 Å². The third-order valence-corrected chi connectivity index (χ3v) is 4.05. The van der Waals surface area contributed by atoms with Crippen LogP contribution in [0.25, 0.3) is 10.9 Å². The van der Waals surface area contributed by atoms with Gasteiger partial charge in [0.25, 0.3) is 0 Å². The average Bonchev–Trinajstić information content (AvgIpc) is 3.32. The van der Waals surface area contributed by atoms with Crippen molar-refractivity contribution in [3.8, 4) is 5.75 Å². The Balaban J connectivity index is 2.21. The van der Waals surface area contributed by atoms with Crippen molar-refractivity contribution in [2.45, 2.75) is 25.8 Å². The predicted octanol–water partition coefficient (Wildman–Crippen LogP) is 2.29. The van der Waals surface area contributed by atoms with Crippen molar-refractivity contribution in [1.29, 1.82) is 0 Å². The van der Waals surface area contributed by atoms with E-state index in [-0.39, 0.29) is 11.2 Å². The quantitative estimate of drug-likeness (QED) is 0.819. The van der Waals surface area contributed by atoms with Gasteiger partial charge in [0.15, 0.2) is 5.75 Å². The maximum atomic E-state index is 12.6. The summed E-state index contributed by atoms with van der Waals surface area (Å²) < 4.78 is 7.04. The highest BCUT2D eigenvalue weighted by atomic mass is 35.5. The first kappa shape index (κ1) is 15.8. The lowest BCUT2D eigenvalue weighted by Crippen LogP contribution is -2.17. The summed E-state index contributed by atoms with van der Waals surface area (Å²) in [6, 6.07) is 3.78. The molecule has 1 aromatic carbocycles. The summed E-state index contributed by atoms with van der Waals surface area (Å²) in [7, 11) is 0. The van der Waals surface area contributed by atoms with Crippen LogP contribution in [0, 0.1) is 0 Å². The molecule has 122 valence electrons. The molecule has 0 radical (unpaired) electrons. The third kappa shape index (κ3) is 3.18. The number of hydrogen-bond acceptors (Lipinski definition) is 5. The molecule has 1 saturated carbocycles. The Labute approximate surface area is 138 Å². The maximum Gasteiger partial charge on any atom is 0.308 e. The van der Waals surface area contributed by atoms with Crippen LogP contribution >= 0.6 is 11.6 Å². The summed E-state index contributed by atoms with van der Waals surface area (Å²) in [5, 5.41) is 4.09. The van der Waals surface area contributed by atoms with Crippen molar-refractivity contribution in [2.24, 2.45) is 5.73 Å². The molecular formula is C16H18ClN3O3. The van der Waals surface area contributed by atoms with Gasteiger partial charge in [0.05, 0.1) is 27.8 Å². The van der Waals surface area contributed by atoms with E-state index in [4.69, 9.17) is 22.1 Å². The molecule has 1 aromatic heterocycles. The van der Waals surface area contributed by atoms with Crippen molar-refractivity contribution in [1.82, 2.24) is 4.57 Å². The Morgan fingerprint density at radius 1 is 1.48 bits per heavy atom. The summed E-state index contributed by atoms with van der Waals surface area (Å²) in [4.78, 5) is 23.9. The summed E-state index contributed by atoms with van der Waals surface area (Å²) in [5.41, 5.74) is 6.56. The molecule has 1 fully saturated rings. The molecule has 0 spiro atoms. The lowest BCUT2D eigenvalue weighted by molar-refractivity contribution is -0.131. The van der Waals surface area contributed by atoms with Gasteiger partial charge < -0.3 is 20.4 Å². The van der Waals surface area contributed by atoms with Gasteiger partial charge in [-0.25, -0.2) is 0 Å². The van der Waals surface area contributed by atoms with Crippen molar-refractivity contribution >= 4 is 34.2 Å². The number of rotatable bonds is 5. The summed E-state index contributed by atoms with van der Waals surface area (Å²) in [6.07, 6.45) is 3.66. The molecular weight excluding hydrogens is 318 g/mol. The van der Waals surface area contributed by atoms with Crippen LogP contribution in [-0.2, 0) is 4.79 Å². The minimum Gasteiger partial charge on any atom is -0.421 e. The van der Waals surface area contributed by atoms with E-state index in [1.165, 1.54) is 6.92 Å². The highest BCUT2D eigenvalue weighted by Gasteiger charge is 2.26. The molecule has 3 N–H and O–H groups in total. The molecule has 0 unspecified atom stereocenters. The van der Waals surface area contributed by atoms with Gasteiger partial charge in [-0.1, -0.05) is 11.6 Å². The second-order valence-electron chi connectivity index (χ2n) is 5.62. The number of esters is 1. The second-order valence-corrected chi connectivity index (χ2v) is 6.03. The minimum atomic E-state index is -0.515. The molecule has 2 aromatic rings. The van der Waals surface area contributed by atoms with E-state index in [2.05, 4.69) is 5.32 Å². The van der Waals surface area contributed by atoms with Crippen LogP contribution in [0.5, 0.6) is 5.75 Å². The smallest absolute Gasteiger partial charge is 0.308 e. The fourth-order valence-electron chi connectivity index (χ4n) is 2.57. The molecule has 1 aliphatic rings. The number of ether oxygens (including phenoxy) is 1. The van der Waals surface area contributed by atoms with Crippen molar-refractivity contribution < 1.29 is 9.53 Å². The van der Waals surface area contributed by atoms with E-state index in [9.17, 15) is 9.59 Å². The Morgan fingerprint density at radius 3 is 2.83 bits per heavy atom. The van der Waals surface area contributed by atoms with Gasteiger partial charge in [-0.3, -0.25) is 9.59 Å². The van der Waals surface area contributed by atoms with Gasteiger partial charge in [-0.15, -0.1) is 0 Å². The Kier molecular flexibility index (Phi) is 4.28. The zero-order valence-electron chi connectivity index (χ0n) is 12.8. The van der Waals surface area contributed by atoms with Gasteiger partial charge in [0.1, 0.15) is 0 Å². The average molecular weight is 336 g/mol. The third-order valence-electron chi connectivity index (χ3n) is 3.74. The molecule has 7 heteroatoms. The Bertz CT molecular complexity index is 827. The first-order chi connectivity index (χ1) is 11.0. The standard InChI is InChI=1S/C16H18ClN3O3/c1-9(21)23-15-8-20(10-2-3-10)14-7-12(17)13(19-5-4-18)6-11(14)16(15)22/h6-8,10,19H,2-5,18H2,1H3. The number of pyridine rings is 1. The maximum absolute atomic E-state index is 12.6. The van der Waals surface area contributed by atoms with Gasteiger partial charge >= 0.3 is 5.97 Å². The molecule has 0 amide bonds. The van der Waals surface area contributed by atoms with Gasteiger partial charge in [-0.2, -0.15) is 0 Å². The fourth-order valence-corrected chi connectivity index (χ4v) is 2.79. The summed E-state index contributed by atoms with van der Waals surface area (Å²) >= 11 is 6.31. The highest BCUT2D eigenvalue weighted by Crippen LogP contribution is 2.39. The zero-order chi connectivity index (χ0) is 16.6. The van der Waals surface area contributed by atoms with Crippen LogP contribution < -0.4 is 21.2 Å². The van der Waals surface area contributed by atoms with E-state index in [1.54, 1.807) is 18.3 Å². The first-order valence-corrected chi connectivity index (χ1v) is 7.90. The minimum absolute atomic E-state index is 0.0454. The van der Waals surface area contributed by atoms with Crippen molar-refractivity contribution in [2.75, 3.05) is 18.4 Å². The normalized spacial score (nSPS) is 14.0. The molecule has 1 heterocycles. The van der Waals surface area contributed by atoms with Gasteiger partial charge in [-0.05, 0) is 25.0 Å². The van der Waals surface area contributed by atoms with E-state index >= 15 is 0 Å². The molecule has 23 heavy (non-hydrogen) atoms. The number of nitrogens with two attached hydrogens (primary N) is 1. The van der Waals surface area contributed by atoms with Crippen LogP contribution in [0.15, 0.2) is 23.1 Å². The lowest BCUT2D eigenvalue weighted by Gasteiger charge is -2.15. The monoisotopic (exact) mass is 335 g/mol. The molecule has 0 bridgehead atoms.